The molecule has 0 aliphatic carbocycles. The van der Waals surface area contributed by atoms with Crippen molar-refractivity contribution < 1.29 is 9.18 Å². The monoisotopic (exact) mass is 349 g/mol. The molecule has 0 bridgehead atoms. The third-order valence-electron chi connectivity index (χ3n) is 3.20. The zero-order chi connectivity index (χ0) is 15.7. The lowest BCUT2D eigenvalue weighted by atomic mass is 10.2. The first-order chi connectivity index (χ1) is 10.1. The van der Waals surface area contributed by atoms with E-state index in [2.05, 4.69) is 5.32 Å². The minimum Gasteiger partial charge on any atom is -0.372 e. The summed E-state index contributed by atoms with van der Waals surface area (Å²) in [5, 5.41) is 2.82. The van der Waals surface area contributed by atoms with Crippen LogP contribution in [-0.2, 0) is 4.79 Å². The summed E-state index contributed by atoms with van der Waals surface area (Å²) in [5.74, 6) is 0.533. The van der Waals surface area contributed by atoms with Crippen LogP contribution in [0.4, 0.5) is 10.1 Å². The third kappa shape index (κ3) is 7.33. The van der Waals surface area contributed by atoms with Gasteiger partial charge in [0.25, 0.3) is 0 Å². The molecule has 0 saturated carbocycles. The summed E-state index contributed by atoms with van der Waals surface area (Å²) in [6.07, 6.45) is 3.41. The molecule has 0 aromatic heterocycles. The van der Waals surface area contributed by atoms with E-state index in [4.69, 9.17) is 5.73 Å². The maximum Gasteiger partial charge on any atom is 0.236 e. The fourth-order valence-electron chi connectivity index (χ4n) is 1.92. The molecular weight excluding hydrogens is 325 g/mol. The zero-order valence-electron chi connectivity index (χ0n) is 13.0. The molecule has 0 spiro atoms. The van der Waals surface area contributed by atoms with E-state index in [1.165, 1.54) is 6.07 Å². The Kier molecular flexibility index (Phi) is 11.1. The molecule has 0 aliphatic heterocycles. The molecule has 1 amide bonds. The number of nitrogens with zero attached hydrogens (tertiary/aromatic N) is 1. The number of amides is 1. The van der Waals surface area contributed by atoms with Gasteiger partial charge in [-0.2, -0.15) is 11.8 Å². The summed E-state index contributed by atoms with van der Waals surface area (Å²) in [6.45, 7) is 1.21. The Balaban J connectivity index is 0.00000441. The summed E-state index contributed by atoms with van der Waals surface area (Å²) < 4.78 is 13.6. The van der Waals surface area contributed by atoms with Crippen molar-refractivity contribution in [1.29, 1.82) is 0 Å². The van der Waals surface area contributed by atoms with Crippen molar-refractivity contribution >= 4 is 35.8 Å². The Labute approximate surface area is 142 Å². The van der Waals surface area contributed by atoms with Gasteiger partial charge >= 0.3 is 0 Å². The molecule has 1 atom stereocenters. The number of nitrogens with two attached hydrogens (primary N) is 1. The van der Waals surface area contributed by atoms with E-state index in [9.17, 15) is 9.18 Å². The van der Waals surface area contributed by atoms with E-state index < -0.39 is 6.04 Å². The number of benzene rings is 1. The Bertz CT molecular complexity index is 451. The van der Waals surface area contributed by atoms with E-state index in [0.29, 0.717) is 25.2 Å². The van der Waals surface area contributed by atoms with Crippen LogP contribution in [-0.4, -0.2) is 44.1 Å². The predicted molar refractivity (Wildman–Crippen MR) is 95.5 cm³/mol. The molecule has 1 aromatic rings. The van der Waals surface area contributed by atoms with E-state index >= 15 is 0 Å². The van der Waals surface area contributed by atoms with E-state index in [-0.39, 0.29) is 24.1 Å². The first-order valence-corrected chi connectivity index (χ1v) is 8.43. The van der Waals surface area contributed by atoms with Crippen molar-refractivity contribution in [2.45, 2.75) is 18.9 Å². The highest BCUT2D eigenvalue weighted by Gasteiger charge is 2.12. The fraction of sp³-hybridized carbons (Fsp3) is 0.533. The minimum absolute atomic E-state index is 0. The molecule has 0 saturated heterocycles. The van der Waals surface area contributed by atoms with Gasteiger partial charge in [-0.1, -0.05) is 12.1 Å². The first kappa shape index (κ1) is 21.0. The average Bonchev–Trinajstić information content (AvgIpc) is 2.49. The molecule has 0 radical (unpaired) electrons. The van der Waals surface area contributed by atoms with Crippen molar-refractivity contribution in [3.63, 3.8) is 0 Å². The Morgan fingerprint density at radius 2 is 2.14 bits per heavy atom. The number of hydrogen-bond donors (Lipinski definition) is 2. The van der Waals surface area contributed by atoms with E-state index in [1.54, 1.807) is 30.0 Å². The molecule has 0 aliphatic rings. The highest BCUT2D eigenvalue weighted by Crippen LogP contribution is 2.16. The molecule has 126 valence electrons. The van der Waals surface area contributed by atoms with Crippen LogP contribution in [0.2, 0.25) is 0 Å². The van der Waals surface area contributed by atoms with Crippen molar-refractivity contribution in [1.82, 2.24) is 5.32 Å². The molecule has 22 heavy (non-hydrogen) atoms. The van der Waals surface area contributed by atoms with E-state index in [0.717, 1.165) is 12.2 Å². The van der Waals surface area contributed by atoms with Gasteiger partial charge in [0.05, 0.1) is 11.7 Å². The lowest BCUT2D eigenvalue weighted by molar-refractivity contribution is -0.122. The number of rotatable bonds is 9. The molecule has 1 rings (SSSR count). The van der Waals surface area contributed by atoms with Gasteiger partial charge in [0.2, 0.25) is 5.91 Å². The maximum absolute atomic E-state index is 13.6. The first-order valence-electron chi connectivity index (χ1n) is 7.04. The molecule has 4 nitrogen and oxygen atoms in total. The molecule has 3 N–H and O–H groups in total. The van der Waals surface area contributed by atoms with Gasteiger partial charge in [-0.3, -0.25) is 4.79 Å². The molecule has 1 aromatic carbocycles. The van der Waals surface area contributed by atoms with Crippen LogP contribution in [0.1, 0.15) is 12.8 Å². The van der Waals surface area contributed by atoms with Crippen LogP contribution in [0, 0.1) is 5.82 Å². The normalized spacial score (nSPS) is 11.5. The number of anilines is 1. The SMILES string of the molecule is CSCC[C@H](N)C(=O)NCCCN(C)c1ccccc1F.Cl. The van der Waals surface area contributed by atoms with Crippen molar-refractivity contribution in [3.05, 3.63) is 30.1 Å². The van der Waals surface area contributed by atoms with Crippen LogP contribution in [0.25, 0.3) is 0 Å². The van der Waals surface area contributed by atoms with Gasteiger partial charge in [-0.05, 0) is 37.0 Å². The number of nitrogens with one attached hydrogen (secondary N) is 1. The summed E-state index contributed by atoms with van der Waals surface area (Å²) in [7, 11) is 1.84. The van der Waals surface area contributed by atoms with Gasteiger partial charge < -0.3 is 16.0 Å². The molecular formula is C15H25ClFN3OS. The van der Waals surface area contributed by atoms with Gasteiger partial charge in [0.1, 0.15) is 5.82 Å². The Morgan fingerprint density at radius 3 is 2.77 bits per heavy atom. The topological polar surface area (TPSA) is 58.4 Å². The second-order valence-electron chi connectivity index (χ2n) is 4.91. The second-order valence-corrected chi connectivity index (χ2v) is 5.89. The summed E-state index contributed by atoms with van der Waals surface area (Å²) in [4.78, 5) is 13.5. The summed E-state index contributed by atoms with van der Waals surface area (Å²) in [6, 6.07) is 6.22. The smallest absolute Gasteiger partial charge is 0.236 e. The number of hydrogen-bond acceptors (Lipinski definition) is 4. The Hall–Kier alpha value is -0.980. The Morgan fingerprint density at radius 1 is 1.45 bits per heavy atom. The van der Waals surface area contributed by atoms with Crippen LogP contribution in [0.3, 0.4) is 0 Å². The molecule has 7 heteroatoms. The number of carbonyl (C=O) groups is 1. The molecule has 0 heterocycles. The second kappa shape index (κ2) is 11.6. The molecule has 0 unspecified atom stereocenters. The largest absolute Gasteiger partial charge is 0.372 e. The van der Waals surface area contributed by atoms with Crippen LogP contribution in [0.15, 0.2) is 24.3 Å². The van der Waals surface area contributed by atoms with Gasteiger partial charge in [-0.15, -0.1) is 12.4 Å². The van der Waals surface area contributed by atoms with Crippen molar-refractivity contribution in [2.24, 2.45) is 5.73 Å². The van der Waals surface area contributed by atoms with Gasteiger partial charge in [0, 0.05) is 20.1 Å². The number of carbonyl (C=O) groups excluding carboxylic acids is 1. The quantitative estimate of drug-likeness (QED) is 0.671. The third-order valence-corrected chi connectivity index (χ3v) is 3.85. The number of halogens is 2. The van der Waals surface area contributed by atoms with Crippen LogP contribution in [0.5, 0.6) is 0 Å². The van der Waals surface area contributed by atoms with Crippen molar-refractivity contribution in [2.75, 3.05) is 37.0 Å². The lowest BCUT2D eigenvalue weighted by Crippen LogP contribution is -2.41. The summed E-state index contributed by atoms with van der Waals surface area (Å²) >= 11 is 1.68. The standard InChI is InChI=1S/C15H24FN3OS.ClH/c1-19(14-7-4-3-6-12(14)16)10-5-9-18-15(20)13(17)8-11-21-2;/h3-4,6-7,13H,5,8-11,17H2,1-2H3,(H,18,20);1H/t13-;/m0./s1. The summed E-state index contributed by atoms with van der Waals surface area (Å²) in [5.41, 5.74) is 6.34. The van der Waals surface area contributed by atoms with Crippen LogP contribution >= 0.6 is 24.2 Å². The highest BCUT2D eigenvalue weighted by molar-refractivity contribution is 7.98. The number of thioether (sulfide) groups is 1. The predicted octanol–water partition coefficient (Wildman–Crippen LogP) is 2.27. The molecule has 0 fully saturated rings. The van der Waals surface area contributed by atoms with Crippen LogP contribution < -0.4 is 16.0 Å². The van der Waals surface area contributed by atoms with Gasteiger partial charge in [-0.25, -0.2) is 4.39 Å². The minimum atomic E-state index is -0.443. The highest BCUT2D eigenvalue weighted by atomic mass is 35.5. The fourth-order valence-corrected chi connectivity index (χ4v) is 2.41. The van der Waals surface area contributed by atoms with E-state index in [1.807, 2.05) is 18.2 Å². The van der Waals surface area contributed by atoms with Crippen molar-refractivity contribution in [3.8, 4) is 0 Å². The lowest BCUT2D eigenvalue weighted by Gasteiger charge is -2.20. The zero-order valence-corrected chi connectivity index (χ0v) is 14.7. The van der Waals surface area contributed by atoms with Gasteiger partial charge in [0.15, 0.2) is 0 Å². The maximum atomic E-state index is 13.6. The average molecular weight is 350 g/mol. The number of para-hydroxylation sites is 1.